The van der Waals surface area contributed by atoms with Crippen LogP contribution in [0.2, 0.25) is 0 Å². The first-order valence-corrected chi connectivity index (χ1v) is 5.88. The summed E-state index contributed by atoms with van der Waals surface area (Å²) in [6.07, 6.45) is 1.33. The lowest BCUT2D eigenvalue weighted by atomic mass is 10.1. The molecule has 1 N–H and O–H groups in total. The van der Waals surface area contributed by atoms with E-state index in [0.29, 0.717) is 11.4 Å². The van der Waals surface area contributed by atoms with E-state index in [4.69, 9.17) is 0 Å². The molecule has 0 aliphatic rings. The van der Waals surface area contributed by atoms with Crippen molar-refractivity contribution in [3.05, 3.63) is 52.1 Å². The molecule has 0 bridgehead atoms. The monoisotopic (exact) mass is 275 g/mol. The molecule has 0 aliphatic heterocycles. The van der Waals surface area contributed by atoms with E-state index in [1.807, 2.05) is 0 Å². The van der Waals surface area contributed by atoms with Crippen LogP contribution in [0, 0.1) is 10.1 Å². The molecule has 8 nitrogen and oxygen atoms in total. The van der Waals surface area contributed by atoms with Crippen LogP contribution in [0.4, 0.5) is 5.69 Å². The van der Waals surface area contributed by atoms with E-state index >= 15 is 0 Å². The number of likely N-dealkylation sites (N-methyl/N-ethyl adjacent to an activating group) is 1. The Morgan fingerprint density at radius 3 is 2.85 bits per heavy atom. The first-order valence-electron chi connectivity index (χ1n) is 5.88. The van der Waals surface area contributed by atoms with Gasteiger partial charge in [0.05, 0.1) is 17.9 Å². The minimum atomic E-state index is -0.487. The Labute approximate surface area is 114 Å². The highest BCUT2D eigenvalue weighted by Gasteiger charge is 2.18. The molecule has 0 unspecified atom stereocenters. The largest absolute Gasteiger partial charge is 0.338 e. The number of rotatable bonds is 5. The number of hydrogen-bond acceptors (Lipinski definition) is 5. The number of aromatic nitrogens is 3. The van der Waals surface area contributed by atoms with Gasteiger partial charge in [-0.1, -0.05) is 18.2 Å². The van der Waals surface area contributed by atoms with Crippen LogP contribution in [-0.2, 0) is 17.8 Å². The van der Waals surface area contributed by atoms with Crippen LogP contribution in [0.3, 0.4) is 0 Å². The third-order valence-electron chi connectivity index (χ3n) is 2.81. The highest BCUT2D eigenvalue weighted by atomic mass is 16.6. The summed E-state index contributed by atoms with van der Waals surface area (Å²) in [6, 6.07) is 6.22. The summed E-state index contributed by atoms with van der Waals surface area (Å²) >= 11 is 0. The molecule has 2 rings (SSSR count). The van der Waals surface area contributed by atoms with Crippen molar-refractivity contribution in [1.29, 1.82) is 0 Å². The third kappa shape index (κ3) is 3.16. The van der Waals surface area contributed by atoms with Gasteiger partial charge in [0.25, 0.3) is 5.69 Å². The molecule has 0 fully saturated rings. The molecule has 0 spiro atoms. The number of nitro benzene ring substituents is 1. The Bertz CT molecular complexity index is 611. The number of amides is 1. The quantitative estimate of drug-likeness (QED) is 0.645. The number of aromatic amines is 1. The molecule has 0 atom stereocenters. The Morgan fingerprint density at radius 2 is 2.20 bits per heavy atom. The Hall–Kier alpha value is -2.77. The average molecular weight is 275 g/mol. The summed E-state index contributed by atoms with van der Waals surface area (Å²) in [5.41, 5.74) is 0.348. The van der Waals surface area contributed by atoms with Crippen molar-refractivity contribution in [2.24, 2.45) is 0 Å². The smallest absolute Gasteiger partial charge is 0.273 e. The molecule has 0 saturated heterocycles. The predicted octanol–water partition coefficient (Wildman–Crippen LogP) is 0.914. The van der Waals surface area contributed by atoms with Crippen molar-refractivity contribution in [2.75, 3.05) is 7.05 Å². The molecule has 1 aromatic heterocycles. The molecule has 1 heterocycles. The summed E-state index contributed by atoms with van der Waals surface area (Å²) in [4.78, 5) is 27.8. The van der Waals surface area contributed by atoms with Crippen molar-refractivity contribution in [1.82, 2.24) is 20.1 Å². The van der Waals surface area contributed by atoms with Crippen LogP contribution < -0.4 is 0 Å². The number of nitro groups is 1. The second-order valence-electron chi connectivity index (χ2n) is 4.24. The number of hydrogen-bond donors (Lipinski definition) is 1. The fourth-order valence-electron chi connectivity index (χ4n) is 1.76. The van der Waals surface area contributed by atoms with Crippen molar-refractivity contribution in [3.8, 4) is 0 Å². The van der Waals surface area contributed by atoms with E-state index in [9.17, 15) is 14.9 Å². The highest BCUT2D eigenvalue weighted by molar-refractivity contribution is 5.79. The minimum absolute atomic E-state index is 0.0260. The molecule has 1 amide bonds. The first kappa shape index (κ1) is 13.7. The van der Waals surface area contributed by atoms with Crippen molar-refractivity contribution < 1.29 is 9.72 Å². The maximum absolute atomic E-state index is 12.1. The molecule has 1 aromatic carbocycles. The van der Waals surface area contributed by atoms with Gasteiger partial charge in [-0.15, -0.1) is 0 Å². The normalized spacial score (nSPS) is 10.2. The van der Waals surface area contributed by atoms with Gasteiger partial charge in [0.2, 0.25) is 5.91 Å². The summed E-state index contributed by atoms with van der Waals surface area (Å²) in [6.45, 7) is 0.277. The Kier molecular flexibility index (Phi) is 4.04. The van der Waals surface area contributed by atoms with Gasteiger partial charge in [0.1, 0.15) is 12.2 Å². The van der Waals surface area contributed by atoms with E-state index in [2.05, 4.69) is 15.2 Å². The lowest BCUT2D eigenvalue weighted by Crippen LogP contribution is -2.28. The zero-order chi connectivity index (χ0) is 14.5. The minimum Gasteiger partial charge on any atom is -0.338 e. The van der Waals surface area contributed by atoms with E-state index < -0.39 is 4.92 Å². The first-order chi connectivity index (χ1) is 9.58. The Balaban J connectivity index is 2.06. The molecule has 0 aliphatic carbocycles. The highest BCUT2D eigenvalue weighted by Crippen LogP contribution is 2.18. The van der Waals surface area contributed by atoms with Gasteiger partial charge in [-0.05, 0) is 0 Å². The number of benzene rings is 1. The van der Waals surface area contributed by atoms with E-state index in [-0.39, 0.29) is 24.6 Å². The van der Waals surface area contributed by atoms with Crippen LogP contribution in [0.25, 0.3) is 0 Å². The van der Waals surface area contributed by atoms with Gasteiger partial charge in [0.15, 0.2) is 0 Å². The van der Waals surface area contributed by atoms with Gasteiger partial charge >= 0.3 is 0 Å². The summed E-state index contributed by atoms with van der Waals surface area (Å²) in [5.74, 6) is 0.333. The Morgan fingerprint density at radius 1 is 1.45 bits per heavy atom. The third-order valence-corrected chi connectivity index (χ3v) is 2.81. The van der Waals surface area contributed by atoms with E-state index in [1.165, 1.54) is 17.3 Å². The molecule has 8 heteroatoms. The molecular weight excluding hydrogens is 262 g/mol. The van der Waals surface area contributed by atoms with Crippen molar-refractivity contribution in [3.63, 3.8) is 0 Å². The molecule has 2 aromatic rings. The number of H-pyrrole nitrogens is 1. The van der Waals surface area contributed by atoms with Crippen LogP contribution in [-0.4, -0.2) is 38.0 Å². The molecule has 104 valence electrons. The van der Waals surface area contributed by atoms with Crippen LogP contribution in [0.15, 0.2) is 30.6 Å². The number of nitrogens with one attached hydrogen (secondary N) is 1. The van der Waals surface area contributed by atoms with Gasteiger partial charge in [-0.25, -0.2) is 4.98 Å². The standard InChI is InChI=1S/C12H13N5O3/c1-16(7-11-13-8-14-15-11)12(18)6-9-4-2-3-5-10(9)17(19)20/h2-5,8H,6-7H2,1H3,(H,13,14,15). The topological polar surface area (TPSA) is 105 Å². The summed E-state index contributed by atoms with van der Waals surface area (Å²) in [7, 11) is 1.61. The maximum atomic E-state index is 12.1. The lowest BCUT2D eigenvalue weighted by Gasteiger charge is -2.15. The fourth-order valence-corrected chi connectivity index (χ4v) is 1.76. The number of para-hydroxylation sites is 1. The SMILES string of the molecule is CN(Cc1ncn[nH]1)C(=O)Cc1ccccc1[N+](=O)[O-]. The van der Waals surface area contributed by atoms with Gasteiger partial charge < -0.3 is 4.90 Å². The summed E-state index contributed by atoms with van der Waals surface area (Å²) < 4.78 is 0. The molecule has 0 radical (unpaired) electrons. The second kappa shape index (κ2) is 5.91. The molecule has 20 heavy (non-hydrogen) atoms. The van der Waals surface area contributed by atoms with Crippen molar-refractivity contribution >= 4 is 11.6 Å². The van der Waals surface area contributed by atoms with E-state index in [1.54, 1.807) is 25.2 Å². The van der Waals surface area contributed by atoms with Crippen molar-refractivity contribution in [2.45, 2.75) is 13.0 Å². The van der Waals surface area contributed by atoms with Crippen LogP contribution in [0.5, 0.6) is 0 Å². The maximum Gasteiger partial charge on any atom is 0.273 e. The van der Waals surface area contributed by atoms with E-state index in [0.717, 1.165) is 0 Å². The van der Waals surface area contributed by atoms with Crippen LogP contribution in [0.1, 0.15) is 11.4 Å². The lowest BCUT2D eigenvalue weighted by molar-refractivity contribution is -0.385. The van der Waals surface area contributed by atoms with Gasteiger partial charge in [-0.3, -0.25) is 20.0 Å². The number of carbonyl (C=O) groups is 1. The second-order valence-corrected chi connectivity index (χ2v) is 4.24. The predicted molar refractivity (Wildman–Crippen MR) is 69.7 cm³/mol. The fraction of sp³-hybridized carbons (Fsp3) is 0.250. The zero-order valence-electron chi connectivity index (χ0n) is 10.8. The van der Waals surface area contributed by atoms with Gasteiger partial charge in [0, 0.05) is 18.7 Å². The van der Waals surface area contributed by atoms with Crippen LogP contribution >= 0.6 is 0 Å². The number of nitrogens with zero attached hydrogens (tertiary/aromatic N) is 4. The molecule has 0 saturated carbocycles. The summed E-state index contributed by atoms with van der Waals surface area (Å²) in [5, 5.41) is 17.2. The average Bonchev–Trinajstić information content (AvgIpc) is 2.91. The number of carbonyl (C=O) groups excluding carboxylic acids is 1. The zero-order valence-corrected chi connectivity index (χ0v) is 10.8. The van der Waals surface area contributed by atoms with Gasteiger partial charge in [-0.2, -0.15) is 5.10 Å². The molecular formula is C12H13N5O3.